The molecular formula is C29H30ClN5O2. The van der Waals surface area contributed by atoms with Crippen LogP contribution in [0.4, 0.5) is 5.82 Å². The Labute approximate surface area is 221 Å². The molecule has 2 saturated heterocycles. The number of fused-ring (bicyclic) bond motifs is 2. The van der Waals surface area contributed by atoms with Crippen LogP contribution in [0.25, 0.3) is 22.0 Å². The maximum absolute atomic E-state index is 12.1. The molecule has 190 valence electrons. The smallest absolute Gasteiger partial charge is 0.245 e. The third-order valence-electron chi connectivity index (χ3n) is 8.16. The lowest BCUT2D eigenvalue weighted by molar-refractivity contribution is -0.136. The topological polar surface area (TPSA) is 74.4 Å². The SMILES string of the molecule is C=CC(=O)N1CC2(CCN(c3nc4c(c(-c5cc(Cl)cc6ccn(C)c56)c3C#N)COC(C)(C)C4)C2)C1. The number of carbonyl (C=O) groups is 1. The van der Waals surface area contributed by atoms with Crippen molar-refractivity contribution in [3.05, 3.63) is 58.9 Å². The zero-order valence-corrected chi connectivity index (χ0v) is 22.2. The Morgan fingerprint density at radius 3 is 2.81 bits per heavy atom. The second-order valence-corrected chi connectivity index (χ2v) is 11.8. The Morgan fingerprint density at radius 2 is 2.08 bits per heavy atom. The highest BCUT2D eigenvalue weighted by molar-refractivity contribution is 6.32. The van der Waals surface area contributed by atoms with E-state index in [4.69, 9.17) is 21.3 Å². The number of anilines is 1. The lowest BCUT2D eigenvalue weighted by Crippen LogP contribution is -2.59. The van der Waals surface area contributed by atoms with Gasteiger partial charge in [0.05, 0.1) is 23.4 Å². The van der Waals surface area contributed by atoms with Crippen molar-refractivity contribution in [2.45, 2.75) is 38.9 Å². The summed E-state index contributed by atoms with van der Waals surface area (Å²) in [6, 6.07) is 8.47. The summed E-state index contributed by atoms with van der Waals surface area (Å²) >= 11 is 6.60. The van der Waals surface area contributed by atoms with E-state index in [0.717, 1.165) is 58.6 Å². The molecule has 0 bridgehead atoms. The highest BCUT2D eigenvalue weighted by Gasteiger charge is 2.49. The molecule has 7 nitrogen and oxygen atoms in total. The van der Waals surface area contributed by atoms with Gasteiger partial charge in [-0.15, -0.1) is 0 Å². The van der Waals surface area contributed by atoms with Crippen molar-refractivity contribution in [2.24, 2.45) is 12.5 Å². The molecule has 0 atom stereocenters. The van der Waals surface area contributed by atoms with E-state index in [1.165, 1.54) is 6.08 Å². The molecule has 6 rings (SSSR count). The van der Waals surface area contributed by atoms with Crippen molar-refractivity contribution in [3.63, 3.8) is 0 Å². The monoisotopic (exact) mass is 515 g/mol. The molecule has 3 aromatic rings. The number of amides is 1. The minimum Gasteiger partial charge on any atom is -0.370 e. The van der Waals surface area contributed by atoms with Crippen molar-refractivity contribution in [1.82, 2.24) is 14.5 Å². The first kappa shape index (κ1) is 24.0. The second kappa shape index (κ2) is 8.34. The van der Waals surface area contributed by atoms with Crippen LogP contribution in [-0.4, -0.2) is 52.1 Å². The summed E-state index contributed by atoms with van der Waals surface area (Å²) in [5.74, 6) is 0.701. The molecule has 0 unspecified atom stereocenters. The fourth-order valence-electron chi connectivity index (χ4n) is 6.33. The molecule has 1 spiro atoms. The lowest BCUT2D eigenvalue weighted by Gasteiger charge is -2.47. The van der Waals surface area contributed by atoms with Crippen LogP contribution in [0.5, 0.6) is 0 Å². The van der Waals surface area contributed by atoms with Crippen molar-refractivity contribution in [2.75, 3.05) is 31.1 Å². The van der Waals surface area contributed by atoms with Gasteiger partial charge in [-0.1, -0.05) is 18.2 Å². The molecule has 0 radical (unpaired) electrons. The Kier molecular flexibility index (Phi) is 5.41. The van der Waals surface area contributed by atoms with E-state index in [0.29, 0.717) is 36.7 Å². The molecule has 0 N–H and O–H groups in total. The van der Waals surface area contributed by atoms with Crippen LogP contribution in [0.2, 0.25) is 5.02 Å². The molecular weight excluding hydrogens is 486 g/mol. The largest absolute Gasteiger partial charge is 0.370 e. The average Bonchev–Trinajstić information content (AvgIpc) is 3.44. The number of hydrogen-bond donors (Lipinski definition) is 0. The van der Waals surface area contributed by atoms with Crippen molar-refractivity contribution in [1.29, 1.82) is 5.26 Å². The number of carbonyl (C=O) groups excluding carboxylic acids is 1. The summed E-state index contributed by atoms with van der Waals surface area (Å²) in [5.41, 5.74) is 5.00. The van der Waals surface area contributed by atoms with Crippen LogP contribution in [0.3, 0.4) is 0 Å². The Balaban J connectivity index is 1.51. The summed E-state index contributed by atoms with van der Waals surface area (Å²) in [6.07, 6.45) is 5.01. The van der Waals surface area contributed by atoms with E-state index in [1.54, 1.807) is 0 Å². The summed E-state index contributed by atoms with van der Waals surface area (Å²) in [4.78, 5) is 21.3. The molecule has 37 heavy (non-hydrogen) atoms. The summed E-state index contributed by atoms with van der Waals surface area (Å²) in [5, 5.41) is 12.2. The van der Waals surface area contributed by atoms with E-state index >= 15 is 0 Å². The number of nitrogens with zero attached hydrogens (tertiary/aromatic N) is 5. The number of nitriles is 1. The highest BCUT2D eigenvalue weighted by atomic mass is 35.5. The first-order chi connectivity index (χ1) is 17.6. The molecule has 1 amide bonds. The first-order valence-corrected chi connectivity index (χ1v) is 13.0. The molecule has 5 heterocycles. The number of benzene rings is 1. The normalized spacial score (nSPS) is 19.5. The molecule has 1 aromatic carbocycles. The zero-order chi connectivity index (χ0) is 26.1. The van der Waals surface area contributed by atoms with E-state index in [1.807, 2.05) is 36.3 Å². The third-order valence-corrected chi connectivity index (χ3v) is 8.38. The van der Waals surface area contributed by atoms with Gasteiger partial charge in [-0.2, -0.15) is 5.26 Å². The van der Waals surface area contributed by atoms with Crippen LogP contribution in [0, 0.1) is 16.7 Å². The predicted molar refractivity (Wildman–Crippen MR) is 144 cm³/mol. The van der Waals surface area contributed by atoms with Gasteiger partial charge in [0.25, 0.3) is 0 Å². The van der Waals surface area contributed by atoms with Crippen LogP contribution >= 0.6 is 11.6 Å². The number of pyridine rings is 1. The fourth-order valence-corrected chi connectivity index (χ4v) is 6.56. The number of aromatic nitrogens is 2. The molecule has 0 saturated carbocycles. The van der Waals surface area contributed by atoms with Gasteiger partial charge in [0, 0.05) is 78.4 Å². The van der Waals surface area contributed by atoms with Gasteiger partial charge >= 0.3 is 0 Å². The van der Waals surface area contributed by atoms with Gasteiger partial charge in [0.15, 0.2) is 0 Å². The van der Waals surface area contributed by atoms with Gasteiger partial charge in [0.1, 0.15) is 17.5 Å². The summed E-state index contributed by atoms with van der Waals surface area (Å²) in [7, 11) is 2.01. The highest BCUT2D eigenvalue weighted by Crippen LogP contribution is 2.46. The maximum Gasteiger partial charge on any atom is 0.245 e. The van der Waals surface area contributed by atoms with Crippen molar-refractivity contribution in [3.8, 4) is 17.2 Å². The molecule has 3 aliphatic rings. The predicted octanol–water partition coefficient (Wildman–Crippen LogP) is 4.84. The number of likely N-dealkylation sites (tertiary alicyclic amines) is 1. The van der Waals surface area contributed by atoms with Crippen LogP contribution < -0.4 is 4.90 Å². The standard InChI is InChI=1S/C29H30ClN5O2/c1-5-24(36)35-16-29(17-35)7-9-34(15-29)27-21(13-31)25(22-14-37-28(2,3)12-23(22)32-27)20-11-19(30)10-18-6-8-33(4)26(18)20/h5-6,8,10-11H,1,7,9,12,14-17H2,2-4H3. The van der Waals surface area contributed by atoms with E-state index in [2.05, 4.69) is 36.0 Å². The third kappa shape index (κ3) is 3.82. The molecule has 3 aliphatic heterocycles. The maximum atomic E-state index is 12.1. The molecule has 0 aliphatic carbocycles. The van der Waals surface area contributed by atoms with Crippen LogP contribution in [0.15, 0.2) is 37.1 Å². The number of ether oxygens (including phenoxy) is 1. The lowest BCUT2D eigenvalue weighted by atomic mass is 9.79. The molecule has 2 fully saturated rings. The van der Waals surface area contributed by atoms with E-state index in [-0.39, 0.29) is 16.9 Å². The van der Waals surface area contributed by atoms with Gasteiger partial charge < -0.3 is 19.1 Å². The average molecular weight is 516 g/mol. The zero-order valence-electron chi connectivity index (χ0n) is 21.5. The minimum absolute atomic E-state index is 0.0225. The quantitative estimate of drug-likeness (QED) is 0.466. The molecule has 2 aromatic heterocycles. The Bertz CT molecular complexity index is 1510. The minimum atomic E-state index is -0.344. The summed E-state index contributed by atoms with van der Waals surface area (Å²) in [6.45, 7) is 11.2. The fraction of sp³-hybridized carbons (Fsp3) is 0.414. The van der Waals surface area contributed by atoms with Gasteiger partial charge in [-0.05, 0) is 44.5 Å². The van der Waals surface area contributed by atoms with Gasteiger partial charge in [0.2, 0.25) is 5.91 Å². The number of hydrogen-bond acceptors (Lipinski definition) is 5. The summed E-state index contributed by atoms with van der Waals surface area (Å²) < 4.78 is 8.31. The van der Waals surface area contributed by atoms with Gasteiger partial charge in [-0.25, -0.2) is 4.98 Å². The van der Waals surface area contributed by atoms with Gasteiger partial charge in [-0.3, -0.25) is 4.79 Å². The van der Waals surface area contributed by atoms with Crippen molar-refractivity contribution >= 4 is 34.2 Å². The second-order valence-electron chi connectivity index (χ2n) is 11.3. The number of aryl methyl sites for hydroxylation is 1. The number of halogens is 1. The van der Waals surface area contributed by atoms with E-state index in [9.17, 15) is 10.1 Å². The Hall–Kier alpha value is -3.34. The van der Waals surface area contributed by atoms with E-state index < -0.39 is 0 Å². The first-order valence-electron chi connectivity index (χ1n) is 12.6. The van der Waals surface area contributed by atoms with Crippen LogP contribution in [-0.2, 0) is 29.6 Å². The molecule has 8 heteroatoms. The van der Waals surface area contributed by atoms with Crippen LogP contribution in [0.1, 0.15) is 37.1 Å². The number of rotatable bonds is 3. The van der Waals surface area contributed by atoms with Crippen molar-refractivity contribution < 1.29 is 9.53 Å². The Morgan fingerprint density at radius 1 is 1.30 bits per heavy atom.